The lowest BCUT2D eigenvalue weighted by Gasteiger charge is -2.22. The molecule has 3 atom stereocenters. The molecule has 8 heteroatoms. The molecule has 0 fully saturated rings. The zero-order valence-corrected chi connectivity index (χ0v) is 17.2. The van der Waals surface area contributed by atoms with Crippen LogP contribution >= 0.6 is 0 Å². The average Bonchev–Trinajstić information content (AvgIpc) is 3.16. The van der Waals surface area contributed by atoms with Crippen LogP contribution in [0.4, 0.5) is 0 Å². The van der Waals surface area contributed by atoms with E-state index in [1.54, 1.807) is 6.20 Å². The van der Waals surface area contributed by atoms with Gasteiger partial charge in [0.15, 0.2) is 0 Å². The largest absolute Gasteiger partial charge is 0.480 e. The summed E-state index contributed by atoms with van der Waals surface area (Å²) in [5, 5.41) is 15.8. The van der Waals surface area contributed by atoms with Crippen molar-refractivity contribution in [1.29, 1.82) is 0 Å². The van der Waals surface area contributed by atoms with Gasteiger partial charge in [-0.15, -0.1) is 0 Å². The van der Waals surface area contributed by atoms with Crippen LogP contribution in [0.3, 0.4) is 0 Å². The number of carbonyl (C=O) groups is 3. The van der Waals surface area contributed by atoms with E-state index in [0.717, 1.165) is 22.0 Å². The van der Waals surface area contributed by atoms with E-state index in [0.29, 0.717) is 0 Å². The summed E-state index contributed by atoms with van der Waals surface area (Å²) in [4.78, 5) is 40.1. The smallest absolute Gasteiger partial charge is 0.326 e. The van der Waals surface area contributed by atoms with Gasteiger partial charge in [0, 0.05) is 29.9 Å². The third kappa shape index (κ3) is 5.70. The maximum atomic E-state index is 13.0. The van der Waals surface area contributed by atoms with Crippen LogP contribution in [0.15, 0.2) is 60.8 Å². The summed E-state index contributed by atoms with van der Waals surface area (Å²) in [6, 6.07) is 13.8. The van der Waals surface area contributed by atoms with Gasteiger partial charge in [-0.1, -0.05) is 48.5 Å². The number of aromatic amines is 1. The summed E-state index contributed by atoms with van der Waals surface area (Å²) in [6.45, 7) is 1.52. The summed E-state index contributed by atoms with van der Waals surface area (Å²) in [6.07, 6.45) is 2.06. The summed E-state index contributed by atoms with van der Waals surface area (Å²) in [5.41, 5.74) is 8.13. The number of amides is 2. The molecule has 3 rings (SSSR count). The summed E-state index contributed by atoms with van der Waals surface area (Å²) >= 11 is 0. The first-order chi connectivity index (χ1) is 14.8. The zero-order chi connectivity index (χ0) is 22.4. The first-order valence-corrected chi connectivity index (χ1v) is 10.0. The minimum absolute atomic E-state index is 0.102. The summed E-state index contributed by atoms with van der Waals surface area (Å²) < 4.78 is 0. The van der Waals surface area contributed by atoms with Gasteiger partial charge in [-0.25, -0.2) is 4.79 Å². The van der Waals surface area contributed by atoms with Gasteiger partial charge in [-0.2, -0.15) is 0 Å². The molecule has 1 aromatic heterocycles. The van der Waals surface area contributed by atoms with E-state index in [9.17, 15) is 19.5 Å². The van der Waals surface area contributed by atoms with Crippen LogP contribution in [-0.4, -0.2) is 46.0 Å². The molecule has 0 saturated heterocycles. The highest BCUT2D eigenvalue weighted by Crippen LogP contribution is 2.19. The van der Waals surface area contributed by atoms with Crippen LogP contribution in [-0.2, 0) is 27.2 Å². The van der Waals surface area contributed by atoms with E-state index >= 15 is 0 Å². The Morgan fingerprint density at radius 3 is 2.26 bits per heavy atom. The maximum Gasteiger partial charge on any atom is 0.326 e. The Balaban J connectivity index is 1.77. The maximum absolute atomic E-state index is 13.0. The van der Waals surface area contributed by atoms with Crippen LogP contribution in [0.2, 0.25) is 0 Å². The van der Waals surface area contributed by atoms with E-state index in [1.165, 1.54) is 6.92 Å². The zero-order valence-electron chi connectivity index (χ0n) is 17.2. The number of hydrogen-bond acceptors (Lipinski definition) is 4. The van der Waals surface area contributed by atoms with Crippen molar-refractivity contribution in [3.63, 3.8) is 0 Å². The van der Waals surface area contributed by atoms with Crippen molar-refractivity contribution >= 4 is 28.7 Å². The number of aromatic nitrogens is 1. The summed E-state index contributed by atoms with van der Waals surface area (Å²) in [5.74, 6) is -2.22. The molecular weight excluding hydrogens is 396 g/mol. The number of rotatable bonds is 9. The molecule has 31 heavy (non-hydrogen) atoms. The van der Waals surface area contributed by atoms with Gasteiger partial charge in [0.25, 0.3) is 0 Å². The van der Waals surface area contributed by atoms with Crippen molar-refractivity contribution in [2.45, 2.75) is 37.9 Å². The van der Waals surface area contributed by atoms with Crippen LogP contribution in [0.5, 0.6) is 0 Å². The minimum atomic E-state index is -1.16. The molecule has 0 bridgehead atoms. The molecule has 0 saturated carbocycles. The number of para-hydroxylation sites is 1. The lowest BCUT2D eigenvalue weighted by molar-refractivity contribution is -0.142. The minimum Gasteiger partial charge on any atom is -0.480 e. The average molecular weight is 422 g/mol. The van der Waals surface area contributed by atoms with Crippen molar-refractivity contribution < 1.29 is 19.5 Å². The van der Waals surface area contributed by atoms with Gasteiger partial charge in [0.05, 0.1) is 6.04 Å². The molecule has 0 radical (unpaired) electrons. The predicted molar refractivity (Wildman–Crippen MR) is 117 cm³/mol. The molecule has 0 spiro atoms. The third-order valence-corrected chi connectivity index (χ3v) is 5.04. The fourth-order valence-electron chi connectivity index (χ4n) is 3.36. The number of fused-ring (bicyclic) bond motifs is 1. The lowest BCUT2D eigenvalue weighted by Crippen LogP contribution is -2.55. The molecule has 0 aliphatic heterocycles. The molecule has 3 aromatic rings. The van der Waals surface area contributed by atoms with Gasteiger partial charge in [-0.05, 0) is 24.1 Å². The van der Waals surface area contributed by atoms with Crippen LogP contribution in [0.25, 0.3) is 10.9 Å². The molecule has 0 aliphatic carbocycles. The van der Waals surface area contributed by atoms with Crippen molar-refractivity contribution in [3.8, 4) is 0 Å². The third-order valence-electron chi connectivity index (χ3n) is 5.04. The number of nitrogens with two attached hydrogens (primary N) is 1. The van der Waals surface area contributed by atoms with Gasteiger partial charge < -0.3 is 26.5 Å². The number of carboxylic acid groups (broad SMARTS) is 1. The number of hydrogen-bond donors (Lipinski definition) is 5. The number of carbonyl (C=O) groups excluding carboxylic acids is 2. The molecule has 162 valence electrons. The van der Waals surface area contributed by atoms with E-state index in [-0.39, 0.29) is 12.8 Å². The van der Waals surface area contributed by atoms with Gasteiger partial charge in [-0.3, -0.25) is 9.59 Å². The molecular formula is C23H26N4O4. The SMILES string of the molecule is CC(N)C(=O)NC(Cc1ccccc1)C(=O)NC(Cc1c[nH]c2ccccc12)C(=O)O. The molecule has 8 nitrogen and oxygen atoms in total. The second-order valence-corrected chi connectivity index (χ2v) is 7.50. The fourth-order valence-corrected chi connectivity index (χ4v) is 3.36. The highest BCUT2D eigenvalue weighted by atomic mass is 16.4. The van der Waals surface area contributed by atoms with Crippen LogP contribution in [0.1, 0.15) is 18.1 Å². The van der Waals surface area contributed by atoms with Crippen molar-refractivity contribution in [2.24, 2.45) is 5.73 Å². The number of benzene rings is 2. The van der Waals surface area contributed by atoms with Crippen molar-refractivity contribution in [1.82, 2.24) is 15.6 Å². The Labute approximate surface area is 179 Å². The number of carboxylic acids is 1. The first kappa shape index (κ1) is 22.0. The molecule has 2 amide bonds. The fraction of sp³-hybridized carbons (Fsp3) is 0.261. The Bertz CT molecular complexity index is 1060. The Kier molecular flexibility index (Phi) is 7.04. The number of H-pyrrole nitrogens is 1. The highest BCUT2D eigenvalue weighted by Gasteiger charge is 2.28. The molecule has 0 aliphatic rings. The monoisotopic (exact) mass is 422 g/mol. The topological polar surface area (TPSA) is 137 Å². The molecule has 2 aromatic carbocycles. The second-order valence-electron chi connectivity index (χ2n) is 7.50. The lowest BCUT2D eigenvalue weighted by atomic mass is 10.0. The Morgan fingerprint density at radius 1 is 0.935 bits per heavy atom. The van der Waals surface area contributed by atoms with E-state index in [4.69, 9.17) is 5.73 Å². The van der Waals surface area contributed by atoms with Gasteiger partial charge in [0.2, 0.25) is 11.8 Å². The van der Waals surface area contributed by atoms with Gasteiger partial charge in [0.1, 0.15) is 12.1 Å². The van der Waals surface area contributed by atoms with Gasteiger partial charge >= 0.3 is 5.97 Å². The van der Waals surface area contributed by atoms with Crippen molar-refractivity contribution in [3.05, 3.63) is 71.9 Å². The quantitative estimate of drug-likeness (QED) is 0.354. The van der Waals surface area contributed by atoms with E-state index in [2.05, 4.69) is 15.6 Å². The Hall–Kier alpha value is -3.65. The number of aliphatic carboxylic acids is 1. The molecule has 1 heterocycles. The first-order valence-electron chi connectivity index (χ1n) is 10.0. The van der Waals surface area contributed by atoms with Crippen LogP contribution in [0, 0.1) is 0 Å². The summed E-state index contributed by atoms with van der Waals surface area (Å²) in [7, 11) is 0. The second kappa shape index (κ2) is 9.90. The van der Waals surface area contributed by atoms with Crippen molar-refractivity contribution in [2.75, 3.05) is 0 Å². The normalized spacial score (nSPS) is 13.9. The Morgan fingerprint density at radius 2 is 1.58 bits per heavy atom. The number of nitrogens with one attached hydrogen (secondary N) is 3. The highest BCUT2D eigenvalue weighted by molar-refractivity contribution is 5.92. The standard InChI is InChI=1S/C23H26N4O4/c1-14(24)21(28)26-19(11-15-7-3-2-4-8-15)22(29)27-20(23(30)31)12-16-13-25-18-10-6-5-9-17(16)18/h2-10,13-14,19-20,25H,11-12,24H2,1H3,(H,26,28)(H,27,29)(H,30,31). The van der Waals surface area contributed by atoms with E-state index < -0.39 is 35.9 Å². The predicted octanol–water partition coefficient (Wildman–Crippen LogP) is 1.35. The molecule has 6 N–H and O–H groups in total. The van der Waals surface area contributed by atoms with Crippen LogP contribution < -0.4 is 16.4 Å². The van der Waals surface area contributed by atoms with E-state index in [1.807, 2.05) is 54.6 Å². The molecule has 3 unspecified atom stereocenters.